The van der Waals surface area contributed by atoms with Crippen LogP contribution in [-0.2, 0) is 21.0 Å². The molecule has 0 aliphatic carbocycles. The van der Waals surface area contributed by atoms with Crippen molar-refractivity contribution in [3.05, 3.63) is 89.0 Å². The summed E-state index contributed by atoms with van der Waals surface area (Å²) in [5.74, 6) is -0.0274. The van der Waals surface area contributed by atoms with E-state index in [2.05, 4.69) is 10.6 Å². The summed E-state index contributed by atoms with van der Waals surface area (Å²) in [5, 5.41) is 5.34. The molecule has 3 aromatic carbocycles. The van der Waals surface area contributed by atoms with Gasteiger partial charge in [-0.05, 0) is 84.9 Å². The first-order valence-corrected chi connectivity index (χ1v) is 11.8. The molecule has 188 valence electrons. The fourth-order valence-corrected chi connectivity index (χ4v) is 4.11. The molecule has 9 heteroatoms. The van der Waals surface area contributed by atoms with E-state index in [9.17, 15) is 14.4 Å². The molecule has 1 aliphatic rings. The van der Waals surface area contributed by atoms with Crippen LogP contribution in [0.1, 0.15) is 23.6 Å². The number of ether oxygens (including phenoxy) is 2. The maximum atomic E-state index is 13.3. The largest absolute Gasteiger partial charge is 0.496 e. The topological polar surface area (TPSA) is 97.0 Å². The van der Waals surface area contributed by atoms with Crippen LogP contribution in [0.3, 0.4) is 0 Å². The number of carbonyl (C=O) groups excluding carboxylic acids is 3. The molecule has 1 aliphatic heterocycles. The second kappa shape index (κ2) is 11.0. The number of hydrogen-bond acceptors (Lipinski definition) is 6. The maximum absolute atomic E-state index is 13.3. The van der Waals surface area contributed by atoms with Crippen LogP contribution in [0.15, 0.2) is 72.3 Å². The first-order chi connectivity index (χ1) is 17.7. The van der Waals surface area contributed by atoms with Crippen LogP contribution in [0.2, 0.25) is 0 Å². The van der Waals surface area contributed by atoms with Crippen LogP contribution in [0.5, 0.6) is 11.5 Å². The predicted molar refractivity (Wildman–Crippen MR) is 145 cm³/mol. The molecule has 0 aromatic heterocycles. The molecule has 0 radical (unpaired) electrons. The lowest BCUT2D eigenvalue weighted by Gasteiger charge is -2.29. The Morgan fingerprint density at radius 3 is 2.51 bits per heavy atom. The SMILES string of the molecule is COc1ccc(C=C2C(=O)NC(=S)N(c3cccc(C)c3)C2=O)cc1COc1ccc(NC(C)=O)cc1. The minimum absolute atomic E-state index is 0.0334. The van der Waals surface area contributed by atoms with Gasteiger partial charge in [-0.3, -0.25) is 24.6 Å². The summed E-state index contributed by atoms with van der Waals surface area (Å²) in [6.45, 7) is 3.53. The van der Waals surface area contributed by atoms with Gasteiger partial charge in [0, 0.05) is 18.2 Å². The van der Waals surface area contributed by atoms with Gasteiger partial charge in [-0.15, -0.1) is 0 Å². The number of thiocarbonyl (C=S) groups is 1. The average molecular weight is 516 g/mol. The van der Waals surface area contributed by atoms with Crippen LogP contribution in [-0.4, -0.2) is 29.9 Å². The van der Waals surface area contributed by atoms with Gasteiger partial charge in [-0.25, -0.2) is 0 Å². The summed E-state index contributed by atoms with van der Waals surface area (Å²) in [5.41, 5.74) is 3.50. The van der Waals surface area contributed by atoms with Crippen LogP contribution in [0, 0.1) is 6.92 Å². The molecule has 0 bridgehead atoms. The normalized spacial score (nSPS) is 14.4. The van der Waals surface area contributed by atoms with Crippen LogP contribution in [0.4, 0.5) is 11.4 Å². The van der Waals surface area contributed by atoms with E-state index in [1.807, 2.05) is 25.1 Å². The van der Waals surface area contributed by atoms with E-state index in [1.165, 1.54) is 17.9 Å². The Hall–Kier alpha value is -4.50. The van der Waals surface area contributed by atoms with E-state index < -0.39 is 11.8 Å². The van der Waals surface area contributed by atoms with Crippen molar-refractivity contribution in [2.75, 3.05) is 17.3 Å². The molecule has 0 atom stereocenters. The van der Waals surface area contributed by atoms with Crippen molar-refractivity contribution >= 4 is 52.5 Å². The Balaban J connectivity index is 1.57. The molecule has 4 rings (SSSR count). The van der Waals surface area contributed by atoms with Crippen LogP contribution < -0.4 is 25.0 Å². The van der Waals surface area contributed by atoms with Crippen LogP contribution in [0.25, 0.3) is 6.08 Å². The smallest absolute Gasteiger partial charge is 0.270 e. The fourth-order valence-electron chi connectivity index (χ4n) is 3.83. The Labute approximate surface area is 219 Å². The van der Waals surface area contributed by atoms with Gasteiger partial charge in [0.15, 0.2) is 5.11 Å². The summed E-state index contributed by atoms with van der Waals surface area (Å²) in [4.78, 5) is 38.5. The van der Waals surface area contributed by atoms with Crippen molar-refractivity contribution < 1.29 is 23.9 Å². The molecule has 3 amide bonds. The molecule has 1 saturated heterocycles. The number of carbonyl (C=O) groups is 3. The molecule has 1 fully saturated rings. The lowest BCUT2D eigenvalue weighted by atomic mass is 10.0. The Bertz CT molecular complexity index is 1420. The van der Waals surface area contributed by atoms with Crippen LogP contribution >= 0.6 is 12.2 Å². The Morgan fingerprint density at radius 1 is 1.08 bits per heavy atom. The van der Waals surface area contributed by atoms with Gasteiger partial charge in [0.05, 0.1) is 12.8 Å². The minimum Gasteiger partial charge on any atom is -0.496 e. The van der Waals surface area contributed by atoms with E-state index in [1.54, 1.807) is 55.6 Å². The van der Waals surface area contributed by atoms with Crippen molar-refractivity contribution in [1.29, 1.82) is 0 Å². The highest BCUT2D eigenvalue weighted by atomic mass is 32.1. The van der Waals surface area contributed by atoms with Crippen molar-refractivity contribution in [2.45, 2.75) is 20.5 Å². The number of nitrogens with one attached hydrogen (secondary N) is 2. The Kier molecular flexibility index (Phi) is 7.64. The number of methoxy groups -OCH3 is 1. The lowest BCUT2D eigenvalue weighted by molar-refractivity contribution is -0.122. The van der Waals surface area contributed by atoms with E-state index >= 15 is 0 Å². The molecule has 1 heterocycles. The van der Waals surface area contributed by atoms with Crippen molar-refractivity contribution in [2.24, 2.45) is 0 Å². The molecule has 0 saturated carbocycles. The van der Waals surface area contributed by atoms with Gasteiger partial charge >= 0.3 is 0 Å². The standard InChI is InChI=1S/C28H25N3O5S/c1-17-5-4-6-22(13-17)31-27(34)24(26(33)30-28(31)37)15-19-7-12-25(35-3)20(14-19)16-36-23-10-8-21(9-11-23)29-18(2)32/h4-15H,16H2,1-3H3,(H,29,32)(H,30,33,37). The van der Waals surface area contributed by atoms with Gasteiger partial charge in [-0.1, -0.05) is 18.2 Å². The van der Waals surface area contributed by atoms with Crippen molar-refractivity contribution in [3.63, 3.8) is 0 Å². The highest BCUT2D eigenvalue weighted by molar-refractivity contribution is 7.80. The number of benzene rings is 3. The van der Waals surface area contributed by atoms with E-state index in [-0.39, 0.29) is 23.2 Å². The molecule has 0 spiro atoms. The summed E-state index contributed by atoms with van der Waals surface area (Å²) >= 11 is 5.28. The highest BCUT2D eigenvalue weighted by Crippen LogP contribution is 2.26. The van der Waals surface area contributed by atoms with E-state index in [4.69, 9.17) is 21.7 Å². The monoisotopic (exact) mass is 515 g/mol. The molecular formula is C28H25N3O5S. The quantitative estimate of drug-likeness (QED) is 0.276. The first kappa shape index (κ1) is 25.6. The second-order valence-electron chi connectivity index (χ2n) is 8.36. The number of nitrogens with zero attached hydrogens (tertiary/aromatic N) is 1. The third-order valence-corrected chi connectivity index (χ3v) is 5.83. The van der Waals surface area contributed by atoms with Gasteiger partial charge in [0.25, 0.3) is 11.8 Å². The van der Waals surface area contributed by atoms with E-state index in [0.29, 0.717) is 28.4 Å². The molecule has 8 nitrogen and oxygen atoms in total. The number of aryl methyl sites for hydroxylation is 1. The predicted octanol–water partition coefficient (Wildman–Crippen LogP) is 4.37. The lowest BCUT2D eigenvalue weighted by Crippen LogP contribution is -2.54. The number of hydrogen-bond donors (Lipinski definition) is 2. The molecule has 0 unspecified atom stereocenters. The first-order valence-electron chi connectivity index (χ1n) is 11.4. The van der Waals surface area contributed by atoms with E-state index in [0.717, 1.165) is 11.1 Å². The number of amides is 3. The summed E-state index contributed by atoms with van der Waals surface area (Å²) < 4.78 is 11.4. The van der Waals surface area contributed by atoms with Gasteiger partial charge < -0.3 is 14.8 Å². The third kappa shape index (κ3) is 6.02. The zero-order valence-electron chi connectivity index (χ0n) is 20.5. The molecule has 37 heavy (non-hydrogen) atoms. The number of rotatable bonds is 7. The molecule has 2 N–H and O–H groups in total. The summed E-state index contributed by atoms with van der Waals surface area (Å²) in [6, 6.07) is 19.6. The number of anilines is 2. The molecule has 3 aromatic rings. The second-order valence-corrected chi connectivity index (χ2v) is 8.75. The van der Waals surface area contributed by atoms with Crippen molar-refractivity contribution in [3.8, 4) is 11.5 Å². The van der Waals surface area contributed by atoms with Gasteiger partial charge in [-0.2, -0.15) is 0 Å². The zero-order chi connectivity index (χ0) is 26.5. The van der Waals surface area contributed by atoms with Gasteiger partial charge in [0.2, 0.25) is 5.91 Å². The fraction of sp³-hybridized carbons (Fsp3) is 0.143. The molecular weight excluding hydrogens is 490 g/mol. The Morgan fingerprint density at radius 2 is 1.84 bits per heavy atom. The third-order valence-electron chi connectivity index (χ3n) is 5.55. The zero-order valence-corrected chi connectivity index (χ0v) is 21.3. The average Bonchev–Trinajstić information content (AvgIpc) is 2.86. The summed E-state index contributed by atoms with van der Waals surface area (Å²) in [6.07, 6.45) is 1.52. The summed E-state index contributed by atoms with van der Waals surface area (Å²) in [7, 11) is 1.55. The maximum Gasteiger partial charge on any atom is 0.270 e. The van der Waals surface area contributed by atoms with Crippen molar-refractivity contribution in [1.82, 2.24) is 5.32 Å². The highest BCUT2D eigenvalue weighted by Gasteiger charge is 2.34. The minimum atomic E-state index is -0.563. The van der Waals surface area contributed by atoms with Gasteiger partial charge in [0.1, 0.15) is 23.7 Å².